The van der Waals surface area contributed by atoms with Gasteiger partial charge in [-0.1, -0.05) is 12.2 Å². The van der Waals surface area contributed by atoms with E-state index in [-0.39, 0.29) is 17.5 Å². The molecule has 1 unspecified atom stereocenters. The molecule has 4 heteroatoms. The lowest BCUT2D eigenvalue weighted by Gasteiger charge is -2.19. The number of carbonyl (C=O) groups is 1. The quantitative estimate of drug-likeness (QED) is 0.609. The van der Waals surface area contributed by atoms with E-state index in [1.807, 2.05) is 6.08 Å². The first-order valence-corrected chi connectivity index (χ1v) is 5.67. The number of nitrogen functional groups attached to an aromatic ring is 1. The summed E-state index contributed by atoms with van der Waals surface area (Å²) in [5, 5.41) is 2.87. The number of rotatable bonds is 2. The van der Waals surface area contributed by atoms with E-state index in [1.54, 1.807) is 0 Å². The highest BCUT2D eigenvalue weighted by atomic mass is 19.1. The molecule has 0 saturated carbocycles. The van der Waals surface area contributed by atoms with Gasteiger partial charge in [-0.2, -0.15) is 0 Å². The molecule has 3 N–H and O–H groups in total. The van der Waals surface area contributed by atoms with E-state index < -0.39 is 5.82 Å². The molecule has 0 saturated heterocycles. The number of benzene rings is 1. The van der Waals surface area contributed by atoms with Gasteiger partial charge in [0.2, 0.25) is 0 Å². The SMILES string of the molecule is Nc1ccc(F)cc1C(=O)NC1CC=CCC1. The van der Waals surface area contributed by atoms with Gasteiger partial charge in [0.25, 0.3) is 5.91 Å². The van der Waals surface area contributed by atoms with Crippen molar-refractivity contribution in [3.8, 4) is 0 Å². The molecule has 0 radical (unpaired) electrons. The molecule has 1 aromatic carbocycles. The second kappa shape index (κ2) is 4.99. The number of allylic oxidation sites excluding steroid dienone is 1. The first kappa shape index (κ1) is 11.6. The van der Waals surface area contributed by atoms with Gasteiger partial charge in [0.1, 0.15) is 5.82 Å². The van der Waals surface area contributed by atoms with Crippen LogP contribution < -0.4 is 11.1 Å². The number of nitrogens with two attached hydrogens (primary N) is 1. The van der Waals surface area contributed by atoms with Crippen LogP contribution in [0.4, 0.5) is 10.1 Å². The van der Waals surface area contributed by atoms with Crippen LogP contribution in [-0.2, 0) is 0 Å². The van der Waals surface area contributed by atoms with E-state index in [0.717, 1.165) is 19.3 Å². The summed E-state index contributed by atoms with van der Waals surface area (Å²) in [5.74, 6) is -0.754. The Bertz CT molecular complexity index is 457. The van der Waals surface area contributed by atoms with Crippen molar-refractivity contribution in [1.29, 1.82) is 0 Å². The maximum absolute atomic E-state index is 13.0. The largest absolute Gasteiger partial charge is 0.398 e. The van der Waals surface area contributed by atoms with Gasteiger partial charge in [-0.15, -0.1) is 0 Å². The van der Waals surface area contributed by atoms with Crippen molar-refractivity contribution in [3.05, 3.63) is 41.7 Å². The molecule has 1 aliphatic carbocycles. The molecule has 0 spiro atoms. The molecule has 3 nitrogen and oxygen atoms in total. The van der Waals surface area contributed by atoms with Gasteiger partial charge in [-0.25, -0.2) is 4.39 Å². The number of carbonyl (C=O) groups excluding carboxylic acids is 1. The number of hydrogen-bond donors (Lipinski definition) is 2. The van der Waals surface area contributed by atoms with Crippen molar-refractivity contribution in [2.75, 3.05) is 5.73 Å². The Morgan fingerprint density at radius 3 is 2.94 bits per heavy atom. The Morgan fingerprint density at radius 1 is 1.41 bits per heavy atom. The lowest BCUT2D eigenvalue weighted by Crippen LogP contribution is -2.35. The molecule has 1 aliphatic rings. The van der Waals surface area contributed by atoms with E-state index in [9.17, 15) is 9.18 Å². The van der Waals surface area contributed by atoms with Crippen LogP contribution in [0.3, 0.4) is 0 Å². The average Bonchev–Trinajstić information content (AvgIpc) is 2.33. The Kier molecular flexibility index (Phi) is 3.42. The van der Waals surface area contributed by atoms with Crippen LogP contribution in [0, 0.1) is 5.82 Å². The van der Waals surface area contributed by atoms with Gasteiger partial charge < -0.3 is 11.1 Å². The standard InChI is InChI=1S/C13H15FN2O/c14-9-6-7-12(15)11(8-9)13(17)16-10-4-2-1-3-5-10/h1-2,6-8,10H,3-5,15H2,(H,16,17). The van der Waals surface area contributed by atoms with Crippen LogP contribution in [0.2, 0.25) is 0 Å². The lowest BCUT2D eigenvalue weighted by atomic mass is 10.0. The molecule has 0 aliphatic heterocycles. The third-order valence-corrected chi connectivity index (χ3v) is 2.86. The van der Waals surface area contributed by atoms with E-state index in [4.69, 9.17) is 5.73 Å². The average molecular weight is 234 g/mol. The number of hydrogen-bond acceptors (Lipinski definition) is 2. The minimum atomic E-state index is -0.451. The Labute approximate surface area is 99.5 Å². The highest BCUT2D eigenvalue weighted by Gasteiger charge is 2.16. The predicted molar refractivity (Wildman–Crippen MR) is 65.1 cm³/mol. The zero-order valence-corrected chi connectivity index (χ0v) is 9.45. The van der Waals surface area contributed by atoms with Crippen LogP contribution in [0.25, 0.3) is 0 Å². The second-order valence-corrected chi connectivity index (χ2v) is 4.19. The lowest BCUT2D eigenvalue weighted by molar-refractivity contribution is 0.0935. The minimum absolute atomic E-state index is 0.121. The smallest absolute Gasteiger partial charge is 0.253 e. The normalized spacial score (nSPS) is 19.0. The van der Waals surface area contributed by atoms with E-state index in [2.05, 4.69) is 11.4 Å². The first-order chi connectivity index (χ1) is 8.16. The van der Waals surface area contributed by atoms with Gasteiger partial charge in [-0.3, -0.25) is 4.79 Å². The van der Waals surface area contributed by atoms with Crippen LogP contribution in [0.15, 0.2) is 30.4 Å². The molecule has 0 fully saturated rings. The van der Waals surface area contributed by atoms with Crippen molar-refractivity contribution in [2.24, 2.45) is 0 Å². The Morgan fingerprint density at radius 2 is 2.24 bits per heavy atom. The maximum atomic E-state index is 13.0. The van der Waals surface area contributed by atoms with E-state index >= 15 is 0 Å². The van der Waals surface area contributed by atoms with Gasteiger partial charge in [-0.05, 0) is 37.5 Å². The fourth-order valence-corrected chi connectivity index (χ4v) is 1.91. The van der Waals surface area contributed by atoms with Gasteiger partial charge in [0, 0.05) is 11.7 Å². The monoisotopic (exact) mass is 234 g/mol. The van der Waals surface area contributed by atoms with Crippen molar-refractivity contribution in [3.63, 3.8) is 0 Å². The maximum Gasteiger partial charge on any atom is 0.253 e. The van der Waals surface area contributed by atoms with Crippen molar-refractivity contribution in [1.82, 2.24) is 5.32 Å². The summed E-state index contributed by atoms with van der Waals surface area (Å²) >= 11 is 0. The molecule has 17 heavy (non-hydrogen) atoms. The van der Waals surface area contributed by atoms with Gasteiger partial charge in [0.15, 0.2) is 0 Å². The van der Waals surface area contributed by atoms with Crippen molar-refractivity contribution in [2.45, 2.75) is 25.3 Å². The van der Waals surface area contributed by atoms with Crippen LogP contribution in [0.1, 0.15) is 29.6 Å². The van der Waals surface area contributed by atoms with Crippen molar-refractivity contribution >= 4 is 11.6 Å². The minimum Gasteiger partial charge on any atom is -0.398 e. The summed E-state index contributed by atoms with van der Waals surface area (Å²) in [6.45, 7) is 0. The third kappa shape index (κ3) is 2.84. The van der Waals surface area contributed by atoms with Crippen LogP contribution in [0.5, 0.6) is 0 Å². The molecular weight excluding hydrogens is 219 g/mol. The van der Waals surface area contributed by atoms with Gasteiger partial charge >= 0.3 is 0 Å². The summed E-state index contributed by atoms with van der Waals surface area (Å²) < 4.78 is 13.0. The molecule has 1 aromatic rings. The van der Waals surface area contributed by atoms with Crippen molar-refractivity contribution < 1.29 is 9.18 Å². The molecule has 2 rings (SSSR count). The Balaban J connectivity index is 2.08. The van der Waals surface area contributed by atoms with Crippen LogP contribution in [-0.4, -0.2) is 11.9 Å². The molecule has 0 aromatic heterocycles. The molecule has 1 amide bonds. The first-order valence-electron chi connectivity index (χ1n) is 5.67. The summed E-state index contributed by atoms with van der Waals surface area (Å²) in [6.07, 6.45) is 6.84. The second-order valence-electron chi connectivity index (χ2n) is 4.19. The topological polar surface area (TPSA) is 55.1 Å². The van der Waals surface area contributed by atoms with E-state index in [0.29, 0.717) is 5.69 Å². The highest BCUT2D eigenvalue weighted by molar-refractivity contribution is 5.99. The summed E-state index contributed by atoms with van der Waals surface area (Å²) in [5.41, 5.74) is 6.16. The van der Waals surface area contributed by atoms with Gasteiger partial charge in [0.05, 0.1) is 5.56 Å². The molecule has 0 bridgehead atoms. The fraction of sp³-hybridized carbons (Fsp3) is 0.308. The molecule has 0 heterocycles. The number of amides is 1. The zero-order valence-electron chi connectivity index (χ0n) is 9.45. The summed E-state index contributed by atoms with van der Waals surface area (Å²) in [7, 11) is 0. The zero-order chi connectivity index (χ0) is 12.3. The van der Waals surface area contributed by atoms with E-state index in [1.165, 1.54) is 18.2 Å². The summed E-state index contributed by atoms with van der Waals surface area (Å²) in [4.78, 5) is 11.9. The molecule has 90 valence electrons. The number of anilines is 1. The summed E-state index contributed by atoms with van der Waals surface area (Å²) in [6, 6.07) is 3.94. The van der Waals surface area contributed by atoms with Crippen LogP contribution >= 0.6 is 0 Å². The molecule has 1 atom stereocenters. The highest BCUT2D eigenvalue weighted by Crippen LogP contribution is 2.15. The Hall–Kier alpha value is -1.84. The third-order valence-electron chi connectivity index (χ3n) is 2.86. The number of nitrogens with one attached hydrogen (secondary N) is 1. The predicted octanol–water partition coefficient (Wildman–Crippen LogP) is 2.25. The fourth-order valence-electron chi connectivity index (χ4n) is 1.91. The molecular formula is C13H15FN2O. The number of halogens is 1.